The van der Waals surface area contributed by atoms with Gasteiger partial charge in [-0.15, -0.1) is 11.3 Å². The molecule has 0 radical (unpaired) electrons. The molecular weight excluding hydrogens is 253 g/mol. The van der Waals surface area contributed by atoms with Gasteiger partial charge in [0.25, 0.3) is 5.91 Å². The maximum absolute atomic E-state index is 13.3. The highest BCUT2D eigenvalue weighted by atomic mass is 32.1. The summed E-state index contributed by atoms with van der Waals surface area (Å²) in [7, 11) is 0. The Hall–Kier alpha value is -0.940. The van der Waals surface area contributed by atoms with Crippen LogP contribution in [0.15, 0.2) is 12.1 Å². The molecule has 3 nitrogen and oxygen atoms in total. The zero-order chi connectivity index (χ0) is 12.9. The van der Waals surface area contributed by atoms with Gasteiger partial charge in [0.05, 0.1) is 11.0 Å². The topological polar surface area (TPSA) is 40.5 Å². The molecule has 18 heavy (non-hydrogen) atoms. The Bertz CT molecular complexity index is 475. The van der Waals surface area contributed by atoms with E-state index in [-0.39, 0.29) is 17.7 Å². The number of aliphatic hydroxyl groups is 1. The fraction of sp³-hybridized carbons (Fsp3) is 0.615. The molecule has 1 N–H and O–H groups in total. The molecule has 0 bridgehead atoms. The van der Waals surface area contributed by atoms with Crippen LogP contribution in [0.25, 0.3) is 0 Å². The highest BCUT2D eigenvalue weighted by Crippen LogP contribution is 2.40. The molecule has 1 amide bonds. The van der Waals surface area contributed by atoms with Crippen LogP contribution in [0.5, 0.6) is 0 Å². The van der Waals surface area contributed by atoms with Gasteiger partial charge in [0.2, 0.25) is 0 Å². The van der Waals surface area contributed by atoms with E-state index in [4.69, 9.17) is 0 Å². The molecule has 1 aliphatic heterocycles. The van der Waals surface area contributed by atoms with E-state index in [1.54, 1.807) is 4.90 Å². The molecule has 3 rings (SSSR count). The second-order valence-corrected chi connectivity index (χ2v) is 6.57. The first-order valence-corrected chi connectivity index (χ1v) is 7.06. The van der Waals surface area contributed by atoms with Gasteiger partial charge in [0.1, 0.15) is 6.17 Å². The molecular formula is C13H16FNO2S. The lowest BCUT2D eigenvalue weighted by molar-refractivity contribution is 0.0580. The van der Waals surface area contributed by atoms with E-state index in [1.165, 1.54) is 11.3 Å². The minimum absolute atomic E-state index is 0.0186. The number of carbonyl (C=O) groups is 1. The van der Waals surface area contributed by atoms with Crippen LogP contribution in [0.2, 0.25) is 0 Å². The van der Waals surface area contributed by atoms with Crippen molar-refractivity contribution in [1.29, 1.82) is 0 Å². The quantitative estimate of drug-likeness (QED) is 0.845. The number of aryl methyl sites for hydroxylation is 1. The van der Waals surface area contributed by atoms with Crippen molar-refractivity contribution in [3.05, 3.63) is 21.9 Å². The van der Waals surface area contributed by atoms with Gasteiger partial charge in [-0.1, -0.05) is 0 Å². The maximum atomic E-state index is 13.3. The predicted octanol–water partition coefficient (Wildman–Crippen LogP) is 1.85. The second-order valence-electron chi connectivity index (χ2n) is 5.29. The normalized spacial score (nSPS) is 34.9. The summed E-state index contributed by atoms with van der Waals surface area (Å²) < 4.78 is 13.3. The van der Waals surface area contributed by atoms with Gasteiger partial charge in [-0.05, 0) is 31.4 Å². The van der Waals surface area contributed by atoms with Gasteiger partial charge in [-0.2, -0.15) is 0 Å². The van der Waals surface area contributed by atoms with Gasteiger partial charge in [-0.25, -0.2) is 4.39 Å². The van der Waals surface area contributed by atoms with E-state index in [9.17, 15) is 14.3 Å². The number of nitrogens with zero attached hydrogens (tertiary/aromatic N) is 1. The largest absolute Gasteiger partial charge is 0.390 e. The molecule has 0 spiro atoms. The first kappa shape index (κ1) is 12.1. The Morgan fingerprint density at radius 3 is 2.89 bits per heavy atom. The number of rotatable bonds is 1. The highest BCUT2D eigenvalue weighted by molar-refractivity contribution is 7.13. The lowest BCUT2D eigenvalue weighted by atomic mass is 9.99. The molecule has 4 atom stereocenters. The van der Waals surface area contributed by atoms with Crippen LogP contribution in [-0.4, -0.2) is 41.3 Å². The standard InChI is InChI=1S/C13H16FNO2S/c1-7-2-3-11(18-7)13(17)15-5-8-4-10(14)12(16)9(8)6-15/h2-3,8-10,12,16H,4-6H2,1H3/t8-,9+,10+,12+/m0/s1. The molecule has 2 heterocycles. The second kappa shape index (κ2) is 4.31. The minimum atomic E-state index is -1.11. The smallest absolute Gasteiger partial charge is 0.263 e. The van der Waals surface area contributed by atoms with E-state index >= 15 is 0 Å². The van der Waals surface area contributed by atoms with Crippen LogP contribution in [0.3, 0.4) is 0 Å². The van der Waals surface area contributed by atoms with Crippen molar-refractivity contribution < 1.29 is 14.3 Å². The lowest BCUT2D eigenvalue weighted by Crippen LogP contribution is -2.32. The van der Waals surface area contributed by atoms with Crippen molar-refractivity contribution in [2.75, 3.05) is 13.1 Å². The minimum Gasteiger partial charge on any atom is -0.390 e. The Morgan fingerprint density at radius 1 is 1.50 bits per heavy atom. The zero-order valence-corrected chi connectivity index (χ0v) is 11.0. The number of carbonyl (C=O) groups excluding carboxylic acids is 1. The first-order chi connectivity index (χ1) is 8.56. The predicted molar refractivity (Wildman–Crippen MR) is 67.5 cm³/mol. The molecule has 5 heteroatoms. The number of amides is 1. The highest BCUT2D eigenvalue weighted by Gasteiger charge is 2.48. The van der Waals surface area contributed by atoms with Crippen LogP contribution in [-0.2, 0) is 0 Å². The number of likely N-dealkylation sites (tertiary alicyclic amines) is 1. The van der Waals surface area contributed by atoms with Crippen LogP contribution in [0, 0.1) is 18.8 Å². The molecule has 1 saturated carbocycles. The van der Waals surface area contributed by atoms with Gasteiger partial charge in [0.15, 0.2) is 0 Å². The summed E-state index contributed by atoms with van der Waals surface area (Å²) in [5, 5.41) is 9.73. The number of fused-ring (bicyclic) bond motifs is 1. The monoisotopic (exact) mass is 269 g/mol. The number of hydrogen-bond donors (Lipinski definition) is 1. The SMILES string of the molecule is Cc1ccc(C(=O)N2C[C@@H]3C[C@@H](F)[C@H](O)[C@@H]3C2)s1. The summed E-state index contributed by atoms with van der Waals surface area (Å²) in [4.78, 5) is 15.8. The Kier molecular flexibility index (Phi) is 2.90. The third kappa shape index (κ3) is 1.86. The van der Waals surface area contributed by atoms with Crippen molar-refractivity contribution in [3.8, 4) is 0 Å². The van der Waals surface area contributed by atoms with Crippen LogP contribution in [0.4, 0.5) is 4.39 Å². The van der Waals surface area contributed by atoms with Crippen molar-refractivity contribution in [3.63, 3.8) is 0 Å². The number of thiophene rings is 1. The zero-order valence-electron chi connectivity index (χ0n) is 10.2. The van der Waals surface area contributed by atoms with E-state index in [2.05, 4.69) is 0 Å². The van der Waals surface area contributed by atoms with Crippen molar-refractivity contribution in [2.45, 2.75) is 25.6 Å². The Labute approximate surface area is 109 Å². The summed E-state index contributed by atoms with van der Waals surface area (Å²) in [6.45, 7) is 3.04. The number of halogens is 1. The molecule has 0 aromatic carbocycles. The van der Waals surface area contributed by atoms with Crippen LogP contribution in [0.1, 0.15) is 21.0 Å². The third-order valence-corrected chi connectivity index (χ3v) is 5.06. The maximum Gasteiger partial charge on any atom is 0.263 e. The lowest BCUT2D eigenvalue weighted by Gasteiger charge is -2.18. The van der Waals surface area contributed by atoms with Crippen LogP contribution < -0.4 is 0 Å². The van der Waals surface area contributed by atoms with E-state index in [1.807, 2.05) is 19.1 Å². The summed E-state index contributed by atoms with van der Waals surface area (Å²) in [6.07, 6.45) is -1.61. The van der Waals surface area contributed by atoms with Crippen LogP contribution >= 0.6 is 11.3 Å². The summed E-state index contributed by atoms with van der Waals surface area (Å²) >= 11 is 1.48. The van der Waals surface area contributed by atoms with E-state index in [0.29, 0.717) is 19.5 Å². The molecule has 98 valence electrons. The molecule has 1 aliphatic carbocycles. The van der Waals surface area contributed by atoms with Gasteiger partial charge in [0, 0.05) is 23.9 Å². The fourth-order valence-corrected chi connectivity index (χ4v) is 3.94. The first-order valence-electron chi connectivity index (χ1n) is 6.24. The number of hydrogen-bond acceptors (Lipinski definition) is 3. The molecule has 1 saturated heterocycles. The van der Waals surface area contributed by atoms with E-state index < -0.39 is 12.3 Å². The van der Waals surface area contributed by atoms with E-state index in [0.717, 1.165) is 9.75 Å². The third-order valence-electron chi connectivity index (χ3n) is 4.07. The Morgan fingerprint density at radius 2 is 2.28 bits per heavy atom. The summed E-state index contributed by atoms with van der Waals surface area (Å²) in [5.41, 5.74) is 0. The molecule has 1 aromatic heterocycles. The molecule has 2 fully saturated rings. The number of aliphatic hydroxyl groups excluding tert-OH is 1. The van der Waals surface area contributed by atoms with Gasteiger partial charge < -0.3 is 10.0 Å². The average molecular weight is 269 g/mol. The molecule has 2 aliphatic rings. The van der Waals surface area contributed by atoms with Crippen molar-refractivity contribution in [2.24, 2.45) is 11.8 Å². The summed E-state index contributed by atoms with van der Waals surface area (Å²) in [6, 6.07) is 3.77. The van der Waals surface area contributed by atoms with Crippen molar-refractivity contribution >= 4 is 17.2 Å². The molecule has 0 unspecified atom stereocenters. The van der Waals surface area contributed by atoms with Crippen molar-refractivity contribution in [1.82, 2.24) is 4.90 Å². The Balaban J connectivity index is 1.72. The average Bonchev–Trinajstić information content (AvgIpc) is 2.98. The summed E-state index contributed by atoms with van der Waals surface area (Å²) in [5.74, 6) is 0.0649. The number of alkyl halides is 1. The fourth-order valence-electron chi connectivity index (χ4n) is 3.10. The van der Waals surface area contributed by atoms with Gasteiger partial charge in [-0.3, -0.25) is 4.79 Å². The van der Waals surface area contributed by atoms with Gasteiger partial charge >= 0.3 is 0 Å². The molecule has 1 aromatic rings.